The molecule has 4 aromatic rings. The molecule has 1 amide bonds. The van der Waals surface area contributed by atoms with Gasteiger partial charge in [-0.25, -0.2) is 4.98 Å². The van der Waals surface area contributed by atoms with E-state index in [9.17, 15) is 4.79 Å². The second-order valence-corrected chi connectivity index (χ2v) is 8.42. The lowest BCUT2D eigenvalue weighted by molar-refractivity contribution is 0.0342. The van der Waals surface area contributed by atoms with Crippen LogP contribution in [0.4, 0.5) is 0 Å². The molecule has 0 spiro atoms. The quantitative estimate of drug-likeness (QED) is 0.494. The molecule has 1 saturated heterocycles. The van der Waals surface area contributed by atoms with Crippen LogP contribution in [0.1, 0.15) is 33.4 Å². The Morgan fingerprint density at radius 3 is 2.55 bits per heavy atom. The van der Waals surface area contributed by atoms with E-state index in [1.165, 1.54) is 0 Å². The van der Waals surface area contributed by atoms with E-state index in [1.54, 1.807) is 0 Å². The van der Waals surface area contributed by atoms with Crippen molar-refractivity contribution in [1.82, 2.24) is 19.8 Å². The molecule has 0 bridgehead atoms. The number of hydrogen-bond donors (Lipinski definition) is 1. The standard InChI is InChI=1S/C27H28N4O2/c1-30-24-13-6-5-12-23(24)28-26(30)25(21-9-3-2-4-10-21)29-27(32)22-11-7-8-20(18-22)19-31-14-16-33-17-15-31/h2-13,18,25H,14-17,19H2,1H3,(H,29,32). The fourth-order valence-electron chi connectivity index (χ4n) is 4.41. The number of hydrogen-bond acceptors (Lipinski definition) is 4. The van der Waals surface area contributed by atoms with Crippen molar-refractivity contribution in [1.29, 1.82) is 0 Å². The van der Waals surface area contributed by atoms with Crippen molar-refractivity contribution >= 4 is 16.9 Å². The number of morpholine rings is 1. The number of carbonyl (C=O) groups is 1. The fourth-order valence-corrected chi connectivity index (χ4v) is 4.41. The number of carbonyl (C=O) groups excluding carboxylic acids is 1. The molecule has 33 heavy (non-hydrogen) atoms. The van der Waals surface area contributed by atoms with Crippen molar-refractivity contribution in [2.75, 3.05) is 26.3 Å². The van der Waals surface area contributed by atoms with Crippen molar-refractivity contribution in [3.8, 4) is 0 Å². The molecule has 1 atom stereocenters. The number of para-hydroxylation sites is 2. The summed E-state index contributed by atoms with van der Waals surface area (Å²) in [5, 5.41) is 3.24. The molecule has 1 fully saturated rings. The molecular weight excluding hydrogens is 412 g/mol. The maximum absolute atomic E-state index is 13.4. The van der Waals surface area contributed by atoms with Crippen LogP contribution >= 0.6 is 0 Å². The van der Waals surface area contributed by atoms with Crippen LogP contribution in [0.3, 0.4) is 0 Å². The molecule has 1 aliphatic rings. The second-order valence-electron chi connectivity index (χ2n) is 8.42. The predicted octanol–water partition coefficient (Wildman–Crippen LogP) is 3.92. The zero-order valence-electron chi connectivity index (χ0n) is 18.8. The highest BCUT2D eigenvalue weighted by molar-refractivity contribution is 5.95. The molecule has 6 nitrogen and oxygen atoms in total. The van der Waals surface area contributed by atoms with Crippen LogP contribution in [0, 0.1) is 0 Å². The van der Waals surface area contributed by atoms with Gasteiger partial charge in [0, 0.05) is 32.2 Å². The van der Waals surface area contributed by atoms with Crippen LogP contribution in [-0.2, 0) is 18.3 Å². The average molecular weight is 441 g/mol. The van der Waals surface area contributed by atoms with Gasteiger partial charge in [0.2, 0.25) is 0 Å². The minimum absolute atomic E-state index is 0.111. The van der Waals surface area contributed by atoms with E-state index in [2.05, 4.69) is 20.9 Å². The first kappa shape index (κ1) is 21.4. The Labute approximate surface area is 193 Å². The van der Waals surface area contributed by atoms with Gasteiger partial charge in [0.15, 0.2) is 0 Å². The van der Waals surface area contributed by atoms with Gasteiger partial charge < -0.3 is 14.6 Å². The molecule has 6 heteroatoms. The van der Waals surface area contributed by atoms with Crippen molar-refractivity contribution in [2.45, 2.75) is 12.6 Å². The summed E-state index contributed by atoms with van der Waals surface area (Å²) in [6, 6.07) is 25.6. The first-order valence-corrected chi connectivity index (χ1v) is 11.4. The fraction of sp³-hybridized carbons (Fsp3) is 0.259. The Balaban J connectivity index is 1.43. The number of benzene rings is 3. The molecule has 1 unspecified atom stereocenters. The number of nitrogens with one attached hydrogen (secondary N) is 1. The minimum Gasteiger partial charge on any atom is -0.379 e. The number of fused-ring (bicyclic) bond motifs is 1. The van der Waals surface area contributed by atoms with E-state index >= 15 is 0 Å². The van der Waals surface area contributed by atoms with Crippen molar-refractivity contribution < 1.29 is 9.53 Å². The minimum atomic E-state index is -0.362. The van der Waals surface area contributed by atoms with Gasteiger partial charge in [0.05, 0.1) is 24.2 Å². The molecule has 0 aliphatic carbocycles. The van der Waals surface area contributed by atoms with Gasteiger partial charge in [-0.3, -0.25) is 9.69 Å². The van der Waals surface area contributed by atoms with Gasteiger partial charge in [-0.15, -0.1) is 0 Å². The Morgan fingerprint density at radius 2 is 1.76 bits per heavy atom. The van der Waals surface area contributed by atoms with Gasteiger partial charge in [-0.2, -0.15) is 0 Å². The van der Waals surface area contributed by atoms with Crippen LogP contribution in [0.15, 0.2) is 78.9 Å². The summed E-state index contributed by atoms with van der Waals surface area (Å²) in [6.45, 7) is 4.17. The number of imidazole rings is 1. The van der Waals surface area contributed by atoms with Crippen LogP contribution in [0.25, 0.3) is 11.0 Å². The molecule has 2 heterocycles. The second kappa shape index (κ2) is 9.57. The van der Waals surface area contributed by atoms with E-state index in [0.717, 1.165) is 60.8 Å². The SMILES string of the molecule is Cn1c(C(NC(=O)c2cccc(CN3CCOCC3)c2)c2ccccc2)nc2ccccc21. The van der Waals surface area contributed by atoms with Gasteiger partial charge in [0.25, 0.3) is 5.91 Å². The monoisotopic (exact) mass is 440 g/mol. The lowest BCUT2D eigenvalue weighted by Crippen LogP contribution is -2.35. The largest absolute Gasteiger partial charge is 0.379 e. The van der Waals surface area contributed by atoms with Crippen LogP contribution in [0.5, 0.6) is 0 Å². The first-order valence-electron chi connectivity index (χ1n) is 11.4. The van der Waals surface area contributed by atoms with Gasteiger partial charge >= 0.3 is 0 Å². The molecular formula is C27H28N4O2. The van der Waals surface area contributed by atoms with E-state index in [1.807, 2.05) is 79.8 Å². The van der Waals surface area contributed by atoms with E-state index < -0.39 is 0 Å². The highest BCUT2D eigenvalue weighted by atomic mass is 16.5. The zero-order chi connectivity index (χ0) is 22.6. The number of nitrogens with zero attached hydrogens (tertiary/aromatic N) is 3. The summed E-state index contributed by atoms with van der Waals surface area (Å²) in [5.74, 6) is 0.694. The Bertz CT molecular complexity index is 1250. The van der Waals surface area contributed by atoms with Crippen LogP contribution in [0.2, 0.25) is 0 Å². The predicted molar refractivity (Wildman–Crippen MR) is 129 cm³/mol. The first-order chi connectivity index (χ1) is 16.2. The maximum atomic E-state index is 13.4. The van der Waals surface area contributed by atoms with Crippen molar-refractivity contribution in [3.05, 3.63) is 101 Å². The average Bonchev–Trinajstić information content (AvgIpc) is 3.20. The Kier molecular flexibility index (Phi) is 6.19. The lowest BCUT2D eigenvalue weighted by Gasteiger charge is -2.26. The number of rotatable bonds is 6. The molecule has 5 rings (SSSR count). The maximum Gasteiger partial charge on any atom is 0.252 e. The number of aromatic nitrogens is 2. The number of aryl methyl sites for hydroxylation is 1. The highest BCUT2D eigenvalue weighted by Crippen LogP contribution is 2.25. The topological polar surface area (TPSA) is 59.4 Å². The summed E-state index contributed by atoms with van der Waals surface area (Å²) in [7, 11) is 2.00. The third kappa shape index (κ3) is 4.67. The molecule has 0 saturated carbocycles. The smallest absolute Gasteiger partial charge is 0.252 e. The zero-order valence-corrected chi connectivity index (χ0v) is 18.8. The molecule has 1 N–H and O–H groups in total. The van der Waals surface area contributed by atoms with E-state index in [-0.39, 0.29) is 11.9 Å². The van der Waals surface area contributed by atoms with Crippen LogP contribution < -0.4 is 5.32 Å². The molecule has 0 radical (unpaired) electrons. The Morgan fingerprint density at radius 1 is 1.00 bits per heavy atom. The summed E-state index contributed by atoms with van der Waals surface area (Å²) < 4.78 is 7.50. The third-order valence-electron chi connectivity index (χ3n) is 6.19. The van der Waals surface area contributed by atoms with Gasteiger partial charge in [-0.05, 0) is 35.4 Å². The Hall–Kier alpha value is -3.48. The molecule has 1 aliphatic heterocycles. The lowest BCUT2D eigenvalue weighted by atomic mass is 10.0. The third-order valence-corrected chi connectivity index (χ3v) is 6.19. The summed E-state index contributed by atoms with van der Waals surface area (Å²) in [4.78, 5) is 20.6. The van der Waals surface area contributed by atoms with Crippen LogP contribution in [-0.4, -0.2) is 46.7 Å². The summed E-state index contributed by atoms with van der Waals surface area (Å²) >= 11 is 0. The van der Waals surface area contributed by atoms with Crippen molar-refractivity contribution in [3.63, 3.8) is 0 Å². The molecule has 1 aromatic heterocycles. The number of amides is 1. The van der Waals surface area contributed by atoms with Gasteiger partial charge in [-0.1, -0.05) is 54.6 Å². The van der Waals surface area contributed by atoms with Gasteiger partial charge in [0.1, 0.15) is 11.9 Å². The summed E-state index contributed by atoms with van der Waals surface area (Å²) in [6.07, 6.45) is 0. The molecule has 168 valence electrons. The normalized spacial score (nSPS) is 15.4. The highest BCUT2D eigenvalue weighted by Gasteiger charge is 2.23. The van der Waals surface area contributed by atoms with E-state index in [0.29, 0.717) is 5.56 Å². The van der Waals surface area contributed by atoms with E-state index in [4.69, 9.17) is 9.72 Å². The summed E-state index contributed by atoms with van der Waals surface area (Å²) in [5.41, 5.74) is 4.73. The molecule has 3 aromatic carbocycles. The van der Waals surface area contributed by atoms with Crippen molar-refractivity contribution in [2.24, 2.45) is 7.05 Å². The number of ether oxygens (including phenoxy) is 1.